The molecule has 0 bridgehead atoms. The number of carbonyl (C=O) groups is 1. The molecule has 0 aliphatic carbocycles. The van der Waals surface area contributed by atoms with Gasteiger partial charge in [-0.05, 0) is 12.1 Å². The number of aliphatic carboxylic acids is 1. The molecule has 5 nitrogen and oxygen atoms in total. The first kappa shape index (κ1) is 16.2. The van der Waals surface area contributed by atoms with Crippen molar-refractivity contribution in [3.8, 4) is 11.5 Å². The van der Waals surface area contributed by atoms with Gasteiger partial charge in [0.2, 0.25) is 0 Å². The Bertz CT molecular complexity index is 500. The van der Waals surface area contributed by atoms with Crippen molar-refractivity contribution in [1.82, 2.24) is 0 Å². The summed E-state index contributed by atoms with van der Waals surface area (Å²) in [6, 6.07) is 1.13. The Balaban J connectivity index is 3.34. The molecule has 0 aliphatic heterocycles. The fraction of sp³-hybridized carbons (Fsp3) is 0.462. The number of hydrogen-bond acceptors (Lipinski definition) is 4. The fourth-order valence-corrected chi connectivity index (χ4v) is 1.77. The van der Waals surface area contributed by atoms with E-state index in [2.05, 4.69) is 0 Å². The predicted octanol–water partition coefficient (Wildman–Crippen LogP) is 1.77. The number of alkyl halides is 2. The maximum Gasteiger partial charge on any atom is 0.320 e. The van der Waals surface area contributed by atoms with Gasteiger partial charge in [-0.1, -0.05) is 0 Å². The van der Waals surface area contributed by atoms with Gasteiger partial charge in [0.25, 0.3) is 5.92 Å². The highest BCUT2D eigenvalue weighted by atomic mass is 19.3. The van der Waals surface area contributed by atoms with Crippen LogP contribution in [0.25, 0.3) is 0 Å². The summed E-state index contributed by atoms with van der Waals surface area (Å²) in [7, 11) is 2.66. The lowest BCUT2D eigenvalue weighted by molar-refractivity contribution is -0.138. The number of nitrogens with two attached hydrogens (primary N) is 1. The van der Waals surface area contributed by atoms with E-state index in [9.17, 15) is 13.6 Å². The first-order valence-electron chi connectivity index (χ1n) is 5.82. The topological polar surface area (TPSA) is 81.8 Å². The third kappa shape index (κ3) is 3.57. The largest absolute Gasteiger partial charge is 0.493 e. The van der Waals surface area contributed by atoms with E-state index >= 15 is 0 Å². The molecule has 1 aromatic rings. The minimum atomic E-state index is -3.08. The molecular weight excluding hydrogens is 272 g/mol. The van der Waals surface area contributed by atoms with Crippen molar-refractivity contribution in [2.24, 2.45) is 5.73 Å². The average Bonchev–Trinajstić information content (AvgIpc) is 2.36. The Morgan fingerprint density at radius 3 is 2.40 bits per heavy atom. The molecule has 1 unspecified atom stereocenters. The second-order valence-electron chi connectivity index (χ2n) is 4.41. The first-order valence-corrected chi connectivity index (χ1v) is 5.82. The van der Waals surface area contributed by atoms with Gasteiger partial charge < -0.3 is 20.3 Å². The summed E-state index contributed by atoms with van der Waals surface area (Å²) in [5.41, 5.74) is 5.41. The van der Waals surface area contributed by atoms with Crippen LogP contribution in [0.2, 0.25) is 0 Å². The second kappa shape index (κ2) is 6.04. The maximum absolute atomic E-state index is 13.4. The third-order valence-corrected chi connectivity index (χ3v) is 2.82. The zero-order valence-electron chi connectivity index (χ0n) is 11.4. The van der Waals surface area contributed by atoms with Gasteiger partial charge in [0.05, 0.1) is 14.2 Å². The van der Waals surface area contributed by atoms with E-state index in [1.165, 1.54) is 20.3 Å². The Hall–Kier alpha value is -1.89. The van der Waals surface area contributed by atoms with Crippen molar-refractivity contribution in [2.45, 2.75) is 25.3 Å². The summed E-state index contributed by atoms with van der Waals surface area (Å²) in [6.45, 7) is 0.745. The summed E-state index contributed by atoms with van der Waals surface area (Å²) in [6.07, 6.45) is -0.140. The van der Waals surface area contributed by atoms with E-state index in [4.69, 9.17) is 20.3 Å². The molecule has 0 spiro atoms. The van der Waals surface area contributed by atoms with Crippen LogP contribution in [0.3, 0.4) is 0 Å². The van der Waals surface area contributed by atoms with Crippen molar-refractivity contribution in [3.63, 3.8) is 0 Å². The lowest BCUT2D eigenvalue weighted by Crippen LogP contribution is -2.32. The summed E-state index contributed by atoms with van der Waals surface area (Å²) >= 11 is 0. The molecule has 0 amide bonds. The Morgan fingerprint density at radius 1 is 1.40 bits per heavy atom. The van der Waals surface area contributed by atoms with E-state index in [1.807, 2.05) is 0 Å². The Labute approximate surface area is 115 Å². The van der Waals surface area contributed by atoms with E-state index in [0.29, 0.717) is 0 Å². The van der Waals surface area contributed by atoms with E-state index < -0.39 is 17.9 Å². The zero-order chi connectivity index (χ0) is 15.5. The molecule has 1 aromatic carbocycles. The van der Waals surface area contributed by atoms with Crippen LogP contribution >= 0.6 is 0 Å². The van der Waals surface area contributed by atoms with Gasteiger partial charge in [0, 0.05) is 24.5 Å². The van der Waals surface area contributed by atoms with Crippen molar-refractivity contribution in [1.29, 1.82) is 0 Å². The molecule has 1 rings (SSSR count). The number of rotatable bonds is 6. The zero-order valence-corrected chi connectivity index (χ0v) is 11.4. The van der Waals surface area contributed by atoms with Crippen LogP contribution < -0.4 is 15.2 Å². The van der Waals surface area contributed by atoms with Gasteiger partial charge in [-0.15, -0.1) is 0 Å². The number of methoxy groups -OCH3 is 2. The summed E-state index contributed by atoms with van der Waals surface area (Å²) < 4.78 is 37.0. The van der Waals surface area contributed by atoms with Gasteiger partial charge in [0.1, 0.15) is 6.04 Å². The van der Waals surface area contributed by atoms with Crippen LogP contribution in [0, 0.1) is 0 Å². The summed E-state index contributed by atoms with van der Waals surface area (Å²) in [5, 5.41) is 8.82. The van der Waals surface area contributed by atoms with E-state index in [1.54, 1.807) is 0 Å². The van der Waals surface area contributed by atoms with Crippen molar-refractivity contribution in [3.05, 3.63) is 23.3 Å². The number of halogens is 2. The summed E-state index contributed by atoms with van der Waals surface area (Å²) in [4.78, 5) is 10.8. The lowest BCUT2D eigenvalue weighted by Gasteiger charge is -2.19. The molecule has 0 fully saturated rings. The number of carboxylic acid groups (broad SMARTS) is 1. The smallest absolute Gasteiger partial charge is 0.320 e. The van der Waals surface area contributed by atoms with Crippen LogP contribution in [-0.4, -0.2) is 31.3 Å². The summed E-state index contributed by atoms with van der Waals surface area (Å²) in [5.74, 6) is -3.99. The van der Waals surface area contributed by atoms with E-state index in [-0.39, 0.29) is 29.0 Å². The molecule has 0 radical (unpaired) electrons. The van der Waals surface area contributed by atoms with Gasteiger partial charge in [-0.3, -0.25) is 4.79 Å². The van der Waals surface area contributed by atoms with Crippen molar-refractivity contribution in [2.75, 3.05) is 14.2 Å². The van der Waals surface area contributed by atoms with Gasteiger partial charge in [0.15, 0.2) is 11.5 Å². The normalized spacial score (nSPS) is 12.9. The molecule has 0 saturated carbocycles. The highest BCUT2D eigenvalue weighted by Crippen LogP contribution is 2.38. The molecule has 20 heavy (non-hydrogen) atoms. The van der Waals surface area contributed by atoms with Crippen LogP contribution in [0.1, 0.15) is 18.1 Å². The minimum absolute atomic E-state index is 0.110. The Morgan fingerprint density at radius 2 is 2.00 bits per heavy atom. The quantitative estimate of drug-likeness (QED) is 0.834. The standard InChI is InChI=1S/C13H17F2NO4/c1-13(14,15)8-4-7(5-9(16)12(17)18)11(20-3)10(6-8)19-2/h4,6,9H,5,16H2,1-3H3,(H,17,18). The second-order valence-corrected chi connectivity index (χ2v) is 4.41. The minimum Gasteiger partial charge on any atom is -0.493 e. The van der Waals surface area contributed by atoms with Crippen LogP contribution in [0.5, 0.6) is 11.5 Å². The van der Waals surface area contributed by atoms with Crippen LogP contribution in [0.15, 0.2) is 12.1 Å². The molecule has 0 heterocycles. The van der Waals surface area contributed by atoms with Gasteiger partial charge in [-0.2, -0.15) is 0 Å². The molecule has 0 aliphatic rings. The number of carboxylic acids is 1. The fourth-order valence-electron chi connectivity index (χ4n) is 1.77. The SMILES string of the molecule is COc1cc(C(C)(F)F)cc(CC(N)C(=O)O)c1OC. The maximum atomic E-state index is 13.4. The monoisotopic (exact) mass is 289 g/mol. The molecule has 0 saturated heterocycles. The van der Waals surface area contributed by atoms with Crippen molar-refractivity contribution < 1.29 is 28.2 Å². The Kier molecular flexibility index (Phi) is 4.88. The van der Waals surface area contributed by atoms with Gasteiger partial charge in [-0.25, -0.2) is 8.78 Å². The molecule has 3 N–H and O–H groups in total. The lowest BCUT2D eigenvalue weighted by atomic mass is 9.99. The molecule has 1 atom stereocenters. The molecule has 7 heteroatoms. The highest BCUT2D eigenvalue weighted by Gasteiger charge is 2.28. The van der Waals surface area contributed by atoms with E-state index in [0.717, 1.165) is 13.0 Å². The third-order valence-electron chi connectivity index (χ3n) is 2.82. The first-order chi connectivity index (χ1) is 9.20. The number of ether oxygens (including phenoxy) is 2. The average molecular weight is 289 g/mol. The molecule has 112 valence electrons. The number of benzene rings is 1. The van der Waals surface area contributed by atoms with Crippen LogP contribution in [-0.2, 0) is 17.1 Å². The van der Waals surface area contributed by atoms with Crippen LogP contribution in [0.4, 0.5) is 8.78 Å². The van der Waals surface area contributed by atoms with Gasteiger partial charge >= 0.3 is 5.97 Å². The van der Waals surface area contributed by atoms with Crippen molar-refractivity contribution >= 4 is 5.97 Å². The molecule has 0 aromatic heterocycles. The highest BCUT2D eigenvalue weighted by molar-refractivity contribution is 5.74. The predicted molar refractivity (Wildman–Crippen MR) is 68.4 cm³/mol. The number of hydrogen-bond donors (Lipinski definition) is 2. The molecular formula is C13H17F2NO4.